The maximum atomic E-state index is 11.6. The Kier molecular flexibility index (Phi) is 5.36. The minimum absolute atomic E-state index is 0.0260. The Balaban J connectivity index is 2.81. The molecule has 0 spiro atoms. The van der Waals surface area contributed by atoms with Crippen LogP contribution in [0.25, 0.3) is 0 Å². The summed E-state index contributed by atoms with van der Waals surface area (Å²) in [5.41, 5.74) is 2.03. The van der Waals surface area contributed by atoms with Gasteiger partial charge in [0, 0.05) is 12.1 Å². The topological polar surface area (TPSA) is 55.4 Å². The smallest absolute Gasteiger partial charge is 0.337 e. The van der Waals surface area contributed by atoms with Gasteiger partial charge in [-0.2, -0.15) is 0 Å². The lowest BCUT2D eigenvalue weighted by molar-refractivity contribution is -0.116. The minimum Gasteiger partial charge on any atom is -0.465 e. The van der Waals surface area contributed by atoms with Crippen molar-refractivity contribution in [2.45, 2.75) is 33.1 Å². The zero-order valence-electron chi connectivity index (χ0n) is 11.1. The molecule has 0 unspecified atom stereocenters. The largest absolute Gasteiger partial charge is 0.465 e. The number of aryl methyl sites for hydroxylation is 1. The summed E-state index contributed by atoms with van der Waals surface area (Å²) in [6, 6.07) is 5.12. The van der Waals surface area contributed by atoms with Gasteiger partial charge in [-0.15, -0.1) is 0 Å². The molecule has 1 amide bonds. The third-order valence-corrected chi connectivity index (χ3v) is 2.69. The summed E-state index contributed by atoms with van der Waals surface area (Å²) in [6.45, 7) is 3.92. The van der Waals surface area contributed by atoms with Gasteiger partial charge in [-0.3, -0.25) is 4.79 Å². The number of esters is 1. The van der Waals surface area contributed by atoms with Crippen LogP contribution in [0.3, 0.4) is 0 Å². The van der Waals surface area contributed by atoms with Crippen LogP contribution in [0.15, 0.2) is 18.2 Å². The van der Waals surface area contributed by atoms with Gasteiger partial charge >= 0.3 is 5.97 Å². The van der Waals surface area contributed by atoms with E-state index in [1.165, 1.54) is 7.11 Å². The van der Waals surface area contributed by atoms with Crippen LogP contribution in [-0.2, 0) is 9.53 Å². The molecule has 0 heterocycles. The molecule has 0 aliphatic rings. The molecule has 0 radical (unpaired) electrons. The Morgan fingerprint density at radius 3 is 2.67 bits per heavy atom. The van der Waals surface area contributed by atoms with Gasteiger partial charge in [0.2, 0.25) is 5.91 Å². The number of ether oxygens (including phenoxy) is 1. The molecule has 18 heavy (non-hydrogen) atoms. The lowest BCUT2D eigenvalue weighted by atomic mass is 10.1. The van der Waals surface area contributed by atoms with Crippen molar-refractivity contribution in [1.29, 1.82) is 0 Å². The molecule has 0 aliphatic heterocycles. The molecule has 0 atom stereocenters. The Morgan fingerprint density at radius 2 is 2.06 bits per heavy atom. The predicted octanol–water partition coefficient (Wildman–Crippen LogP) is 2.91. The molecule has 4 nitrogen and oxygen atoms in total. The van der Waals surface area contributed by atoms with E-state index in [0.717, 1.165) is 18.4 Å². The van der Waals surface area contributed by atoms with Gasteiger partial charge in [0.05, 0.1) is 12.7 Å². The number of methoxy groups -OCH3 is 1. The van der Waals surface area contributed by atoms with Gasteiger partial charge in [-0.1, -0.05) is 19.4 Å². The number of unbranched alkanes of at least 4 members (excludes halogenated alkanes) is 1. The van der Waals surface area contributed by atoms with Crippen molar-refractivity contribution in [3.05, 3.63) is 29.3 Å². The second-order valence-corrected chi connectivity index (χ2v) is 4.17. The van der Waals surface area contributed by atoms with Gasteiger partial charge in [-0.05, 0) is 31.0 Å². The molecule has 4 heteroatoms. The van der Waals surface area contributed by atoms with Crippen LogP contribution in [0.5, 0.6) is 0 Å². The molecule has 1 rings (SSSR count). The summed E-state index contributed by atoms with van der Waals surface area (Å²) in [7, 11) is 1.34. The molecular formula is C14H19NO3. The van der Waals surface area contributed by atoms with E-state index in [-0.39, 0.29) is 5.91 Å². The highest BCUT2D eigenvalue weighted by Gasteiger charge is 2.09. The molecule has 0 aromatic heterocycles. The third-order valence-electron chi connectivity index (χ3n) is 2.69. The van der Waals surface area contributed by atoms with Crippen LogP contribution < -0.4 is 5.32 Å². The highest BCUT2D eigenvalue weighted by Crippen LogP contribution is 2.18. The first-order chi connectivity index (χ1) is 8.58. The van der Waals surface area contributed by atoms with Crippen LogP contribution in [0.2, 0.25) is 0 Å². The van der Waals surface area contributed by atoms with Crippen LogP contribution >= 0.6 is 0 Å². The highest BCUT2D eigenvalue weighted by atomic mass is 16.5. The van der Waals surface area contributed by atoms with E-state index in [1.54, 1.807) is 18.2 Å². The molecule has 1 aromatic carbocycles. The minimum atomic E-state index is -0.404. The van der Waals surface area contributed by atoms with Gasteiger partial charge in [0.25, 0.3) is 0 Å². The van der Waals surface area contributed by atoms with Crippen LogP contribution in [-0.4, -0.2) is 19.0 Å². The number of anilines is 1. The number of hydrogen-bond acceptors (Lipinski definition) is 3. The van der Waals surface area contributed by atoms with E-state index in [9.17, 15) is 9.59 Å². The lowest BCUT2D eigenvalue weighted by Gasteiger charge is -2.09. The van der Waals surface area contributed by atoms with E-state index in [4.69, 9.17) is 0 Å². The number of nitrogens with one attached hydrogen (secondary N) is 1. The average molecular weight is 249 g/mol. The number of hydrogen-bond donors (Lipinski definition) is 1. The Bertz CT molecular complexity index is 441. The van der Waals surface area contributed by atoms with Crippen molar-refractivity contribution in [3.8, 4) is 0 Å². The van der Waals surface area contributed by atoms with Crippen molar-refractivity contribution < 1.29 is 14.3 Å². The Morgan fingerprint density at radius 1 is 1.33 bits per heavy atom. The first kappa shape index (κ1) is 14.2. The number of amides is 1. The van der Waals surface area contributed by atoms with E-state index >= 15 is 0 Å². The van der Waals surface area contributed by atoms with Crippen LogP contribution in [0.1, 0.15) is 42.1 Å². The predicted molar refractivity (Wildman–Crippen MR) is 70.7 cm³/mol. The molecule has 0 saturated carbocycles. The number of benzene rings is 1. The van der Waals surface area contributed by atoms with Crippen molar-refractivity contribution >= 4 is 17.6 Å². The summed E-state index contributed by atoms with van der Waals surface area (Å²) in [5.74, 6) is -0.430. The standard InChI is InChI=1S/C14H19NO3/c1-4-5-6-13(16)15-12-9-11(14(17)18-3)8-7-10(12)2/h7-9H,4-6H2,1-3H3,(H,15,16). The lowest BCUT2D eigenvalue weighted by Crippen LogP contribution is -2.13. The summed E-state index contributed by atoms with van der Waals surface area (Å²) in [5, 5.41) is 2.82. The van der Waals surface area contributed by atoms with Gasteiger partial charge < -0.3 is 10.1 Å². The van der Waals surface area contributed by atoms with E-state index in [1.807, 2.05) is 13.8 Å². The van der Waals surface area contributed by atoms with Crippen molar-refractivity contribution in [2.75, 3.05) is 12.4 Å². The summed E-state index contributed by atoms with van der Waals surface area (Å²) in [4.78, 5) is 23.0. The molecule has 98 valence electrons. The van der Waals surface area contributed by atoms with Crippen molar-refractivity contribution in [3.63, 3.8) is 0 Å². The zero-order chi connectivity index (χ0) is 13.5. The molecule has 0 bridgehead atoms. The van der Waals surface area contributed by atoms with E-state index < -0.39 is 5.97 Å². The SMILES string of the molecule is CCCCC(=O)Nc1cc(C(=O)OC)ccc1C. The number of carbonyl (C=O) groups is 2. The third kappa shape index (κ3) is 3.87. The van der Waals surface area contributed by atoms with Crippen LogP contribution in [0.4, 0.5) is 5.69 Å². The van der Waals surface area contributed by atoms with Gasteiger partial charge in [0.1, 0.15) is 0 Å². The second-order valence-electron chi connectivity index (χ2n) is 4.17. The molecule has 1 N–H and O–H groups in total. The maximum absolute atomic E-state index is 11.6. The van der Waals surface area contributed by atoms with Crippen molar-refractivity contribution in [1.82, 2.24) is 0 Å². The normalized spacial score (nSPS) is 9.94. The van der Waals surface area contributed by atoms with Crippen molar-refractivity contribution in [2.24, 2.45) is 0 Å². The van der Waals surface area contributed by atoms with Gasteiger partial charge in [-0.25, -0.2) is 4.79 Å². The van der Waals surface area contributed by atoms with E-state index in [0.29, 0.717) is 17.7 Å². The van der Waals surface area contributed by atoms with Gasteiger partial charge in [0.15, 0.2) is 0 Å². The Hall–Kier alpha value is -1.84. The fraction of sp³-hybridized carbons (Fsp3) is 0.429. The Labute approximate surface area is 107 Å². The molecule has 0 fully saturated rings. The molecule has 0 aliphatic carbocycles. The fourth-order valence-corrected chi connectivity index (χ4v) is 1.55. The summed E-state index contributed by atoms with van der Waals surface area (Å²) < 4.78 is 4.65. The first-order valence-corrected chi connectivity index (χ1v) is 6.07. The molecule has 1 aromatic rings. The first-order valence-electron chi connectivity index (χ1n) is 6.07. The fourth-order valence-electron chi connectivity index (χ4n) is 1.55. The van der Waals surface area contributed by atoms with Crippen LogP contribution in [0, 0.1) is 6.92 Å². The summed E-state index contributed by atoms with van der Waals surface area (Å²) >= 11 is 0. The molecular weight excluding hydrogens is 230 g/mol. The summed E-state index contributed by atoms with van der Waals surface area (Å²) in [6.07, 6.45) is 2.34. The highest BCUT2D eigenvalue weighted by molar-refractivity contribution is 5.95. The zero-order valence-corrected chi connectivity index (χ0v) is 11.1. The monoisotopic (exact) mass is 249 g/mol. The van der Waals surface area contributed by atoms with E-state index in [2.05, 4.69) is 10.1 Å². The quantitative estimate of drug-likeness (QED) is 0.816. The second kappa shape index (κ2) is 6.79. The number of rotatable bonds is 5. The maximum Gasteiger partial charge on any atom is 0.337 e. The molecule has 0 saturated heterocycles. The average Bonchev–Trinajstić information content (AvgIpc) is 2.38. The number of carbonyl (C=O) groups excluding carboxylic acids is 2.